The van der Waals surface area contributed by atoms with Crippen LogP contribution in [-0.2, 0) is 5.92 Å². The molecule has 0 atom stereocenters. The lowest BCUT2D eigenvalue weighted by molar-refractivity contribution is -0.292. The average molecular weight is 344 g/mol. The van der Waals surface area contributed by atoms with Crippen molar-refractivity contribution in [3.63, 3.8) is 0 Å². The Kier molecular flexibility index (Phi) is 3.43. The number of rotatable bonds is 2. The number of aryl methyl sites for hydroxylation is 1. The fourth-order valence-corrected chi connectivity index (χ4v) is 2.22. The van der Waals surface area contributed by atoms with Crippen LogP contribution in [0.1, 0.15) is 11.5 Å². The van der Waals surface area contributed by atoms with Crippen LogP contribution < -0.4 is 5.56 Å². The molecule has 3 aromatic rings. The molecule has 1 N–H and O–H groups in total. The molecule has 0 amide bonds. The number of aromatic amines is 1. The molecular weight excluding hydrogens is 335 g/mol. The van der Waals surface area contributed by atoms with Crippen molar-refractivity contribution in [1.82, 2.24) is 19.7 Å². The molecule has 0 spiro atoms. The van der Waals surface area contributed by atoms with Gasteiger partial charge in [0, 0.05) is 0 Å². The van der Waals surface area contributed by atoms with Gasteiger partial charge < -0.3 is 4.98 Å². The first-order valence-corrected chi connectivity index (χ1v) is 6.63. The maximum absolute atomic E-state index is 13.5. The summed E-state index contributed by atoms with van der Waals surface area (Å²) in [7, 11) is 0. The highest BCUT2D eigenvalue weighted by Gasteiger charge is 2.61. The Bertz CT molecular complexity index is 959. The number of alkyl halides is 5. The molecule has 24 heavy (non-hydrogen) atoms. The lowest BCUT2D eigenvalue weighted by Crippen LogP contribution is -2.37. The van der Waals surface area contributed by atoms with Gasteiger partial charge in [-0.15, -0.1) is 0 Å². The van der Waals surface area contributed by atoms with Crippen LogP contribution >= 0.6 is 0 Å². The van der Waals surface area contributed by atoms with Crippen molar-refractivity contribution in [3.05, 3.63) is 52.2 Å². The number of hydrogen-bond donors (Lipinski definition) is 1. The van der Waals surface area contributed by atoms with E-state index in [-0.39, 0.29) is 16.7 Å². The van der Waals surface area contributed by atoms with Gasteiger partial charge in [0.15, 0.2) is 11.5 Å². The van der Waals surface area contributed by atoms with E-state index >= 15 is 0 Å². The molecule has 2 heterocycles. The Balaban J connectivity index is 2.34. The average Bonchev–Trinajstić information content (AvgIpc) is 2.84. The molecule has 0 bridgehead atoms. The second-order valence-corrected chi connectivity index (χ2v) is 5.02. The minimum Gasteiger partial charge on any atom is -0.304 e. The number of benzene rings is 1. The Morgan fingerprint density at radius 3 is 2.29 bits per heavy atom. The number of halogens is 5. The number of H-pyrrole nitrogens is 1. The van der Waals surface area contributed by atoms with Crippen LogP contribution in [0.4, 0.5) is 22.0 Å². The molecule has 10 heteroatoms. The molecule has 3 rings (SSSR count). The van der Waals surface area contributed by atoms with Crippen molar-refractivity contribution in [2.45, 2.75) is 19.0 Å². The summed E-state index contributed by atoms with van der Waals surface area (Å²) in [6.45, 7) is 1.43. The van der Waals surface area contributed by atoms with Gasteiger partial charge >= 0.3 is 12.1 Å². The van der Waals surface area contributed by atoms with Crippen LogP contribution in [0.2, 0.25) is 0 Å². The quantitative estimate of drug-likeness (QED) is 0.727. The van der Waals surface area contributed by atoms with E-state index in [4.69, 9.17) is 0 Å². The van der Waals surface area contributed by atoms with Gasteiger partial charge in [0.2, 0.25) is 0 Å². The summed E-state index contributed by atoms with van der Waals surface area (Å²) in [5, 5.41) is 3.86. The Morgan fingerprint density at radius 2 is 1.71 bits per heavy atom. The first-order valence-electron chi connectivity index (χ1n) is 6.63. The summed E-state index contributed by atoms with van der Waals surface area (Å²) in [4.78, 5) is 16.8. The van der Waals surface area contributed by atoms with Crippen molar-refractivity contribution in [1.29, 1.82) is 0 Å². The van der Waals surface area contributed by atoms with E-state index in [2.05, 4.69) is 10.1 Å². The van der Waals surface area contributed by atoms with Crippen molar-refractivity contribution in [2.24, 2.45) is 0 Å². The monoisotopic (exact) mass is 344 g/mol. The molecule has 0 saturated heterocycles. The topological polar surface area (TPSA) is 63.6 Å². The van der Waals surface area contributed by atoms with Crippen molar-refractivity contribution >= 4 is 11.0 Å². The Morgan fingerprint density at radius 1 is 1.08 bits per heavy atom. The Labute approximate surface area is 130 Å². The summed E-state index contributed by atoms with van der Waals surface area (Å²) >= 11 is 0. The number of fused-ring (bicyclic) bond motifs is 1. The summed E-state index contributed by atoms with van der Waals surface area (Å²) in [6.07, 6.45) is -5.89. The normalized spacial score (nSPS) is 12.8. The zero-order valence-corrected chi connectivity index (χ0v) is 12.0. The number of nitrogens with one attached hydrogen (secondary N) is 1. The maximum Gasteiger partial charge on any atom is 0.461 e. The van der Waals surface area contributed by atoms with Gasteiger partial charge in [-0.3, -0.25) is 4.79 Å². The zero-order valence-electron chi connectivity index (χ0n) is 12.0. The minimum atomic E-state index is -5.89. The summed E-state index contributed by atoms with van der Waals surface area (Å²) in [6, 6.07) is 8.03. The van der Waals surface area contributed by atoms with Gasteiger partial charge in [-0.1, -0.05) is 18.2 Å². The molecule has 0 saturated carbocycles. The number of aromatic nitrogens is 4. The third kappa shape index (κ3) is 2.34. The fraction of sp³-hybridized carbons (Fsp3) is 0.214. The van der Waals surface area contributed by atoms with E-state index in [1.165, 1.54) is 11.9 Å². The first kappa shape index (κ1) is 16.1. The van der Waals surface area contributed by atoms with E-state index in [9.17, 15) is 26.7 Å². The smallest absolute Gasteiger partial charge is 0.304 e. The maximum atomic E-state index is 13.5. The summed E-state index contributed by atoms with van der Waals surface area (Å²) in [5.74, 6) is -7.07. The minimum absolute atomic E-state index is 0.152. The van der Waals surface area contributed by atoms with Gasteiger partial charge in [-0.05, 0) is 19.1 Å². The summed E-state index contributed by atoms with van der Waals surface area (Å²) < 4.78 is 65.7. The van der Waals surface area contributed by atoms with E-state index in [0.717, 1.165) is 4.68 Å². The number of hydrogen-bond acceptors (Lipinski definition) is 3. The van der Waals surface area contributed by atoms with Crippen molar-refractivity contribution < 1.29 is 22.0 Å². The molecule has 0 unspecified atom stereocenters. The molecule has 5 nitrogen and oxygen atoms in total. The summed E-state index contributed by atoms with van der Waals surface area (Å²) in [5.41, 5.74) is -0.959. The Hall–Kier alpha value is -2.78. The van der Waals surface area contributed by atoms with Gasteiger partial charge in [0.05, 0.1) is 11.4 Å². The van der Waals surface area contributed by atoms with E-state index in [0.29, 0.717) is 5.69 Å². The molecule has 0 radical (unpaired) electrons. The van der Waals surface area contributed by atoms with Gasteiger partial charge in [-0.25, -0.2) is 9.67 Å². The molecule has 0 aliphatic rings. The van der Waals surface area contributed by atoms with Crippen LogP contribution in [0, 0.1) is 6.92 Å². The molecule has 2 aromatic heterocycles. The molecular formula is C14H9F5N4O. The van der Waals surface area contributed by atoms with E-state index < -0.39 is 23.5 Å². The third-order valence-corrected chi connectivity index (χ3v) is 3.37. The second-order valence-electron chi connectivity index (χ2n) is 5.02. The van der Waals surface area contributed by atoms with Crippen LogP contribution in [-0.4, -0.2) is 25.9 Å². The predicted octanol–water partition coefficient (Wildman–Crippen LogP) is 3.07. The lowest BCUT2D eigenvalue weighted by Gasteiger charge is -2.18. The van der Waals surface area contributed by atoms with Crippen LogP contribution in [0.5, 0.6) is 0 Å². The van der Waals surface area contributed by atoms with Gasteiger partial charge in [0.25, 0.3) is 5.56 Å². The highest BCUT2D eigenvalue weighted by Crippen LogP contribution is 2.42. The molecule has 0 fully saturated rings. The largest absolute Gasteiger partial charge is 0.461 e. The zero-order chi connectivity index (χ0) is 17.7. The standard InChI is InChI=1S/C14H9F5N4O/c1-7-9-10(23(22-7)8-5-3-2-4-6-8)20-12(21-11(9)24)13(15,16)14(17,18)19/h2-6H,1H3,(H,20,21,24). The first-order chi connectivity index (χ1) is 11.1. The highest BCUT2D eigenvalue weighted by molar-refractivity contribution is 5.78. The van der Waals surface area contributed by atoms with E-state index in [1.807, 2.05) is 0 Å². The number of para-hydroxylation sites is 1. The molecule has 1 aromatic carbocycles. The highest BCUT2D eigenvalue weighted by atomic mass is 19.4. The molecule has 0 aliphatic heterocycles. The SMILES string of the molecule is Cc1nn(-c2ccccc2)c2nc(C(F)(F)C(F)(F)F)[nH]c(=O)c12. The van der Waals surface area contributed by atoms with Crippen LogP contribution in [0.25, 0.3) is 16.7 Å². The van der Waals surface area contributed by atoms with E-state index in [1.54, 1.807) is 30.3 Å². The molecule has 0 aliphatic carbocycles. The van der Waals surface area contributed by atoms with Crippen LogP contribution in [0.15, 0.2) is 35.1 Å². The lowest BCUT2D eigenvalue weighted by atomic mass is 10.2. The van der Waals surface area contributed by atoms with Crippen molar-refractivity contribution in [2.75, 3.05) is 0 Å². The third-order valence-electron chi connectivity index (χ3n) is 3.37. The predicted molar refractivity (Wildman–Crippen MR) is 74.2 cm³/mol. The van der Waals surface area contributed by atoms with Gasteiger partial charge in [-0.2, -0.15) is 27.1 Å². The van der Waals surface area contributed by atoms with Gasteiger partial charge in [0.1, 0.15) is 5.39 Å². The molecule has 126 valence electrons. The number of nitrogens with zero attached hydrogens (tertiary/aromatic N) is 3. The fourth-order valence-electron chi connectivity index (χ4n) is 2.22. The van der Waals surface area contributed by atoms with Crippen LogP contribution in [0.3, 0.4) is 0 Å². The second kappa shape index (κ2) is 5.11. The van der Waals surface area contributed by atoms with Crippen molar-refractivity contribution in [3.8, 4) is 5.69 Å².